The van der Waals surface area contributed by atoms with Gasteiger partial charge < -0.3 is 24.6 Å². The van der Waals surface area contributed by atoms with E-state index in [1.165, 1.54) is 16.8 Å². The van der Waals surface area contributed by atoms with E-state index in [2.05, 4.69) is 42.3 Å². The molecule has 1 aliphatic heterocycles. The minimum absolute atomic E-state index is 0.0946. The summed E-state index contributed by atoms with van der Waals surface area (Å²) in [6.07, 6.45) is 0. The highest BCUT2D eigenvalue weighted by atomic mass is 16.5. The molecule has 1 saturated heterocycles. The van der Waals surface area contributed by atoms with E-state index in [9.17, 15) is 4.79 Å². The number of methoxy groups -OCH3 is 2. The number of benzene rings is 2. The second-order valence-corrected chi connectivity index (χ2v) is 6.76. The number of nitrogens with one attached hydrogen (secondary N) is 1. The maximum Gasteiger partial charge on any atom is 0.321 e. The van der Waals surface area contributed by atoms with Crippen LogP contribution in [0.25, 0.3) is 0 Å². The normalized spacial score (nSPS) is 14.1. The Kier molecular flexibility index (Phi) is 5.74. The maximum absolute atomic E-state index is 12.6. The van der Waals surface area contributed by atoms with Gasteiger partial charge in [0.25, 0.3) is 0 Å². The molecule has 0 bridgehead atoms. The topological polar surface area (TPSA) is 54.0 Å². The van der Waals surface area contributed by atoms with Gasteiger partial charge in [-0.15, -0.1) is 0 Å². The van der Waals surface area contributed by atoms with Crippen LogP contribution in [0.3, 0.4) is 0 Å². The molecule has 27 heavy (non-hydrogen) atoms. The van der Waals surface area contributed by atoms with E-state index in [0.29, 0.717) is 30.3 Å². The number of amides is 2. The third kappa shape index (κ3) is 4.27. The van der Waals surface area contributed by atoms with Crippen molar-refractivity contribution in [2.45, 2.75) is 13.8 Å². The molecule has 3 rings (SSSR count). The Balaban J connectivity index is 1.61. The van der Waals surface area contributed by atoms with Gasteiger partial charge in [0, 0.05) is 43.6 Å². The monoisotopic (exact) mass is 369 g/mol. The predicted molar refractivity (Wildman–Crippen MR) is 108 cm³/mol. The van der Waals surface area contributed by atoms with Crippen molar-refractivity contribution in [3.05, 3.63) is 47.5 Å². The molecule has 6 heteroatoms. The first-order valence-corrected chi connectivity index (χ1v) is 9.12. The highest BCUT2D eigenvalue weighted by Crippen LogP contribution is 2.30. The maximum atomic E-state index is 12.6. The van der Waals surface area contributed by atoms with Gasteiger partial charge in [-0.2, -0.15) is 0 Å². The summed E-state index contributed by atoms with van der Waals surface area (Å²) >= 11 is 0. The lowest BCUT2D eigenvalue weighted by atomic mass is 10.1. The summed E-state index contributed by atoms with van der Waals surface area (Å²) in [4.78, 5) is 16.8. The molecule has 2 aromatic rings. The Morgan fingerprint density at radius 2 is 1.63 bits per heavy atom. The van der Waals surface area contributed by atoms with Crippen molar-refractivity contribution in [2.75, 3.05) is 50.6 Å². The van der Waals surface area contributed by atoms with Crippen LogP contribution < -0.4 is 19.7 Å². The van der Waals surface area contributed by atoms with Crippen molar-refractivity contribution in [1.82, 2.24) is 4.90 Å². The number of piperazine rings is 1. The van der Waals surface area contributed by atoms with E-state index in [-0.39, 0.29) is 6.03 Å². The molecule has 0 atom stereocenters. The summed E-state index contributed by atoms with van der Waals surface area (Å²) in [5.74, 6) is 1.23. The summed E-state index contributed by atoms with van der Waals surface area (Å²) in [6, 6.07) is 11.8. The van der Waals surface area contributed by atoms with E-state index in [4.69, 9.17) is 9.47 Å². The highest BCUT2D eigenvalue weighted by molar-refractivity contribution is 5.90. The van der Waals surface area contributed by atoms with E-state index in [1.54, 1.807) is 26.4 Å². The van der Waals surface area contributed by atoms with Crippen molar-refractivity contribution in [3.8, 4) is 11.5 Å². The van der Waals surface area contributed by atoms with Crippen molar-refractivity contribution in [3.63, 3.8) is 0 Å². The second kappa shape index (κ2) is 8.20. The fraction of sp³-hybridized carbons (Fsp3) is 0.381. The van der Waals surface area contributed by atoms with Gasteiger partial charge in [0.2, 0.25) is 0 Å². The first-order valence-electron chi connectivity index (χ1n) is 9.12. The molecule has 2 amide bonds. The lowest BCUT2D eigenvalue weighted by Crippen LogP contribution is -2.50. The number of carbonyl (C=O) groups excluding carboxylic acids is 1. The van der Waals surface area contributed by atoms with Crippen LogP contribution in [0, 0.1) is 13.8 Å². The first kappa shape index (κ1) is 18.9. The zero-order valence-corrected chi connectivity index (χ0v) is 16.4. The quantitative estimate of drug-likeness (QED) is 0.893. The number of nitrogens with zero attached hydrogens (tertiary/aromatic N) is 2. The minimum Gasteiger partial charge on any atom is -0.493 e. The lowest BCUT2D eigenvalue weighted by Gasteiger charge is -2.37. The SMILES string of the molecule is COc1ccc(NC(=O)N2CCN(c3cc(C)ccc3C)CC2)cc1OC. The second-order valence-electron chi connectivity index (χ2n) is 6.76. The zero-order valence-electron chi connectivity index (χ0n) is 16.4. The molecule has 0 radical (unpaired) electrons. The number of ether oxygens (including phenoxy) is 2. The average Bonchev–Trinajstić information content (AvgIpc) is 2.69. The van der Waals surface area contributed by atoms with E-state index in [1.807, 2.05) is 11.0 Å². The Morgan fingerprint density at radius 1 is 0.926 bits per heavy atom. The number of urea groups is 1. The van der Waals surface area contributed by atoms with E-state index < -0.39 is 0 Å². The lowest BCUT2D eigenvalue weighted by molar-refractivity contribution is 0.208. The third-order valence-electron chi connectivity index (χ3n) is 4.91. The van der Waals surface area contributed by atoms with Crippen LogP contribution in [-0.2, 0) is 0 Å². The van der Waals surface area contributed by atoms with Crippen LogP contribution in [-0.4, -0.2) is 51.3 Å². The van der Waals surface area contributed by atoms with Crippen molar-refractivity contribution in [2.24, 2.45) is 0 Å². The largest absolute Gasteiger partial charge is 0.493 e. The molecule has 144 valence electrons. The molecular formula is C21H27N3O3. The van der Waals surface area contributed by atoms with E-state index in [0.717, 1.165) is 13.1 Å². The van der Waals surface area contributed by atoms with Crippen LogP contribution in [0.15, 0.2) is 36.4 Å². The summed E-state index contributed by atoms with van der Waals surface area (Å²) < 4.78 is 10.5. The van der Waals surface area contributed by atoms with Gasteiger partial charge in [0.05, 0.1) is 14.2 Å². The molecule has 0 aliphatic carbocycles. The van der Waals surface area contributed by atoms with Gasteiger partial charge >= 0.3 is 6.03 Å². The average molecular weight is 369 g/mol. The predicted octanol–water partition coefficient (Wildman–Crippen LogP) is 3.67. The van der Waals surface area contributed by atoms with Crippen molar-refractivity contribution >= 4 is 17.4 Å². The summed E-state index contributed by atoms with van der Waals surface area (Å²) in [5, 5.41) is 2.95. The highest BCUT2D eigenvalue weighted by Gasteiger charge is 2.22. The molecule has 1 fully saturated rings. The summed E-state index contributed by atoms with van der Waals surface area (Å²) in [6.45, 7) is 7.26. The number of hydrogen-bond acceptors (Lipinski definition) is 4. The van der Waals surface area contributed by atoms with Crippen LogP contribution >= 0.6 is 0 Å². The first-order chi connectivity index (χ1) is 13.0. The van der Waals surface area contributed by atoms with Gasteiger partial charge in [0.1, 0.15) is 0 Å². The summed E-state index contributed by atoms with van der Waals surface area (Å²) in [7, 11) is 3.17. The molecule has 6 nitrogen and oxygen atoms in total. The zero-order chi connectivity index (χ0) is 19.4. The number of carbonyl (C=O) groups is 1. The Morgan fingerprint density at radius 3 is 2.30 bits per heavy atom. The molecule has 2 aromatic carbocycles. The molecule has 0 unspecified atom stereocenters. The van der Waals surface area contributed by atoms with Gasteiger partial charge in [0.15, 0.2) is 11.5 Å². The van der Waals surface area contributed by atoms with Gasteiger partial charge in [-0.05, 0) is 43.2 Å². The summed E-state index contributed by atoms with van der Waals surface area (Å²) in [5.41, 5.74) is 4.47. The van der Waals surface area contributed by atoms with Crippen LogP contribution in [0.1, 0.15) is 11.1 Å². The molecule has 0 aromatic heterocycles. The third-order valence-corrected chi connectivity index (χ3v) is 4.91. The van der Waals surface area contributed by atoms with Crippen LogP contribution in [0.5, 0.6) is 11.5 Å². The van der Waals surface area contributed by atoms with Crippen molar-refractivity contribution in [1.29, 1.82) is 0 Å². The number of aryl methyl sites for hydroxylation is 2. The van der Waals surface area contributed by atoms with Gasteiger partial charge in [-0.3, -0.25) is 0 Å². The van der Waals surface area contributed by atoms with E-state index >= 15 is 0 Å². The Bertz CT molecular complexity index is 814. The fourth-order valence-corrected chi connectivity index (χ4v) is 3.33. The Hall–Kier alpha value is -2.89. The van der Waals surface area contributed by atoms with Crippen molar-refractivity contribution < 1.29 is 14.3 Å². The molecular weight excluding hydrogens is 342 g/mol. The molecule has 1 N–H and O–H groups in total. The molecule has 1 aliphatic rings. The van der Waals surface area contributed by atoms with Crippen LogP contribution in [0.2, 0.25) is 0 Å². The Labute approximate surface area is 160 Å². The van der Waals surface area contributed by atoms with Gasteiger partial charge in [-0.25, -0.2) is 4.79 Å². The minimum atomic E-state index is -0.0946. The number of hydrogen-bond donors (Lipinski definition) is 1. The molecule has 0 spiro atoms. The van der Waals surface area contributed by atoms with Crippen LogP contribution in [0.4, 0.5) is 16.2 Å². The molecule has 0 saturated carbocycles. The standard InChI is InChI=1S/C21H27N3O3/c1-15-5-6-16(2)18(13-15)23-9-11-24(12-10-23)21(25)22-17-7-8-19(26-3)20(14-17)27-4/h5-8,13-14H,9-12H2,1-4H3,(H,22,25). The van der Waals surface area contributed by atoms with Gasteiger partial charge in [-0.1, -0.05) is 12.1 Å². The smallest absolute Gasteiger partial charge is 0.321 e. The fourth-order valence-electron chi connectivity index (χ4n) is 3.33. The molecule has 1 heterocycles. The number of anilines is 2. The number of rotatable bonds is 4.